The number of nitrogens with one attached hydrogen (secondary N) is 1. The van der Waals surface area contributed by atoms with Gasteiger partial charge in [-0.25, -0.2) is 9.97 Å². The first kappa shape index (κ1) is 19.1. The number of fused-ring (bicyclic) bond motifs is 2. The van der Waals surface area contributed by atoms with E-state index in [1.54, 1.807) is 17.5 Å². The molecule has 7 heteroatoms. The van der Waals surface area contributed by atoms with E-state index in [4.69, 9.17) is 9.97 Å². The van der Waals surface area contributed by atoms with Crippen LogP contribution in [0, 0.1) is 0 Å². The van der Waals surface area contributed by atoms with Gasteiger partial charge in [-0.2, -0.15) is 0 Å². The van der Waals surface area contributed by atoms with Gasteiger partial charge in [0.2, 0.25) is 0 Å². The molecule has 1 N–H and O–H groups in total. The molecule has 5 aromatic rings. The van der Waals surface area contributed by atoms with Gasteiger partial charge < -0.3 is 10.2 Å². The van der Waals surface area contributed by atoms with Gasteiger partial charge in [-0.15, -0.1) is 11.3 Å². The molecule has 32 heavy (non-hydrogen) atoms. The molecule has 158 valence electrons. The third-order valence-electron chi connectivity index (χ3n) is 5.70. The summed E-state index contributed by atoms with van der Waals surface area (Å²) in [5.74, 6) is 1.43. The minimum Gasteiger partial charge on any atom is -0.377 e. The lowest BCUT2D eigenvalue weighted by Gasteiger charge is -2.18. The van der Waals surface area contributed by atoms with Crippen molar-refractivity contribution in [2.45, 2.75) is 18.8 Å². The van der Waals surface area contributed by atoms with Crippen LogP contribution in [-0.2, 0) is 0 Å². The Balaban J connectivity index is 1.49. The normalized spacial score (nSPS) is 13.6. The van der Waals surface area contributed by atoms with Crippen LogP contribution < -0.4 is 10.2 Å². The van der Waals surface area contributed by atoms with Crippen LogP contribution in [0.3, 0.4) is 0 Å². The second-order valence-electron chi connectivity index (χ2n) is 8.32. The molecule has 1 aliphatic carbocycles. The van der Waals surface area contributed by atoms with Gasteiger partial charge in [0.05, 0.1) is 43.2 Å². The van der Waals surface area contributed by atoms with Crippen LogP contribution in [0.25, 0.3) is 32.5 Å². The molecule has 0 amide bonds. The fourth-order valence-electron chi connectivity index (χ4n) is 3.93. The molecule has 0 atom stereocenters. The Morgan fingerprint density at radius 1 is 0.906 bits per heavy atom. The summed E-state index contributed by atoms with van der Waals surface area (Å²) in [6, 6.07) is 16.2. The molecule has 6 rings (SSSR count). The Labute approximate surface area is 190 Å². The molecule has 4 heterocycles. The average Bonchev–Trinajstić information content (AvgIpc) is 3.58. The SMILES string of the molecule is CN(C)c1ccnc2cc(-c3ccccn3)nc(Nc3ccc4nc(C5CC5)sc4c3)c12. The second kappa shape index (κ2) is 7.53. The zero-order chi connectivity index (χ0) is 21.7. The molecule has 1 saturated carbocycles. The summed E-state index contributed by atoms with van der Waals surface area (Å²) in [7, 11) is 4.07. The zero-order valence-corrected chi connectivity index (χ0v) is 18.7. The van der Waals surface area contributed by atoms with Gasteiger partial charge in [-0.3, -0.25) is 9.97 Å². The number of rotatable bonds is 5. The summed E-state index contributed by atoms with van der Waals surface area (Å²) in [6.45, 7) is 0. The van der Waals surface area contributed by atoms with Crippen molar-refractivity contribution in [1.82, 2.24) is 19.9 Å². The van der Waals surface area contributed by atoms with E-state index in [2.05, 4.69) is 38.4 Å². The van der Waals surface area contributed by atoms with Crippen LogP contribution in [0.4, 0.5) is 17.2 Å². The number of thiazole rings is 1. The van der Waals surface area contributed by atoms with Crippen molar-refractivity contribution in [2.24, 2.45) is 0 Å². The number of nitrogens with zero attached hydrogens (tertiary/aromatic N) is 5. The van der Waals surface area contributed by atoms with E-state index in [-0.39, 0.29) is 0 Å². The highest BCUT2D eigenvalue weighted by atomic mass is 32.1. The minimum absolute atomic E-state index is 0.665. The molecule has 1 aromatic carbocycles. The number of benzene rings is 1. The molecular weight excluding hydrogens is 416 g/mol. The number of hydrogen-bond donors (Lipinski definition) is 1. The summed E-state index contributed by atoms with van der Waals surface area (Å²) < 4.78 is 1.20. The first-order chi connectivity index (χ1) is 15.7. The van der Waals surface area contributed by atoms with Crippen LogP contribution in [0.5, 0.6) is 0 Å². The van der Waals surface area contributed by atoms with Crippen LogP contribution in [-0.4, -0.2) is 34.0 Å². The second-order valence-corrected chi connectivity index (χ2v) is 9.39. The van der Waals surface area contributed by atoms with Crippen molar-refractivity contribution in [3.8, 4) is 11.4 Å². The molecule has 1 fully saturated rings. The van der Waals surface area contributed by atoms with E-state index in [9.17, 15) is 0 Å². The molecule has 0 bridgehead atoms. The quantitative estimate of drug-likeness (QED) is 0.364. The van der Waals surface area contributed by atoms with E-state index < -0.39 is 0 Å². The predicted octanol–water partition coefficient (Wildman–Crippen LogP) is 5.99. The Morgan fingerprint density at radius 2 is 1.81 bits per heavy atom. The fraction of sp³-hybridized carbons (Fsp3) is 0.200. The molecule has 1 aliphatic rings. The molecule has 0 radical (unpaired) electrons. The molecule has 6 nitrogen and oxygen atoms in total. The van der Waals surface area contributed by atoms with Crippen molar-refractivity contribution in [3.05, 3.63) is 65.9 Å². The highest BCUT2D eigenvalue weighted by molar-refractivity contribution is 7.18. The van der Waals surface area contributed by atoms with Crippen molar-refractivity contribution in [3.63, 3.8) is 0 Å². The largest absolute Gasteiger partial charge is 0.377 e. The van der Waals surface area contributed by atoms with Crippen LogP contribution >= 0.6 is 11.3 Å². The number of pyridine rings is 3. The smallest absolute Gasteiger partial charge is 0.142 e. The Bertz CT molecular complexity index is 1440. The number of anilines is 3. The number of hydrogen-bond acceptors (Lipinski definition) is 7. The third-order valence-corrected chi connectivity index (χ3v) is 6.88. The van der Waals surface area contributed by atoms with E-state index in [1.807, 2.05) is 50.6 Å². The molecule has 0 saturated heterocycles. The van der Waals surface area contributed by atoms with Crippen LogP contribution in [0.1, 0.15) is 23.8 Å². The van der Waals surface area contributed by atoms with Crippen molar-refractivity contribution in [2.75, 3.05) is 24.3 Å². The van der Waals surface area contributed by atoms with Gasteiger partial charge in [0.25, 0.3) is 0 Å². The molecule has 4 aromatic heterocycles. The van der Waals surface area contributed by atoms with Gasteiger partial charge in [0, 0.05) is 38.1 Å². The van der Waals surface area contributed by atoms with E-state index in [0.717, 1.165) is 45.0 Å². The molecule has 0 unspecified atom stereocenters. The Kier molecular flexibility index (Phi) is 4.50. The first-order valence-corrected chi connectivity index (χ1v) is 11.5. The highest BCUT2D eigenvalue weighted by Crippen LogP contribution is 2.43. The predicted molar refractivity (Wildman–Crippen MR) is 132 cm³/mol. The van der Waals surface area contributed by atoms with Crippen molar-refractivity contribution >= 4 is 49.6 Å². The fourth-order valence-corrected chi connectivity index (χ4v) is 5.10. The first-order valence-electron chi connectivity index (χ1n) is 10.7. The maximum atomic E-state index is 4.98. The maximum absolute atomic E-state index is 4.98. The maximum Gasteiger partial charge on any atom is 0.142 e. The minimum atomic E-state index is 0.665. The van der Waals surface area contributed by atoms with Crippen molar-refractivity contribution in [1.29, 1.82) is 0 Å². The summed E-state index contributed by atoms with van der Waals surface area (Å²) in [5.41, 5.74) is 5.61. The summed E-state index contributed by atoms with van der Waals surface area (Å²) in [4.78, 5) is 21.0. The lowest BCUT2D eigenvalue weighted by molar-refractivity contribution is 1.10. The van der Waals surface area contributed by atoms with Gasteiger partial charge in [0.15, 0.2) is 0 Å². The topological polar surface area (TPSA) is 66.8 Å². The summed E-state index contributed by atoms with van der Waals surface area (Å²) in [6.07, 6.45) is 6.16. The average molecular weight is 439 g/mol. The molecular formula is C25H22N6S. The van der Waals surface area contributed by atoms with Crippen LogP contribution in [0.15, 0.2) is 60.9 Å². The molecule has 0 spiro atoms. The van der Waals surface area contributed by atoms with Gasteiger partial charge in [-0.1, -0.05) is 6.07 Å². The lowest BCUT2D eigenvalue weighted by Crippen LogP contribution is -2.10. The third kappa shape index (κ3) is 3.44. The van der Waals surface area contributed by atoms with Gasteiger partial charge in [0.1, 0.15) is 5.82 Å². The monoisotopic (exact) mass is 438 g/mol. The van der Waals surface area contributed by atoms with E-state index >= 15 is 0 Å². The summed E-state index contributed by atoms with van der Waals surface area (Å²) in [5, 5.41) is 5.82. The van der Waals surface area contributed by atoms with E-state index in [1.165, 1.54) is 22.5 Å². The Morgan fingerprint density at radius 3 is 2.59 bits per heavy atom. The van der Waals surface area contributed by atoms with Gasteiger partial charge in [-0.05, 0) is 55.3 Å². The Hall–Kier alpha value is -3.58. The summed E-state index contributed by atoms with van der Waals surface area (Å²) >= 11 is 1.80. The van der Waals surface area contributed by atoms with E-state index in [0.29, 0.717) is 5.92 Å². The lowest BCUT2D eigenvalue weighted by atomic mass is 10.1. The highest BCUT2D eigenvalue weighted by Gasteiger charge is 2.27. The van der Waals surface area contributed by atoms with Crippen molar-refractivity contribution < 1.29 is 0 Å². The van der Waals surface area contributed by atoms with Gasteiger partial charge >= 0.3 is 0 Å². The van der Waals surface area contributed by atoms with Crippen LogP contribution in [0.2, 0.25) is 0 Å². The molecule has 0 aliphatic heterocycles. The number of aromatic nitrogens is 4. The zero-order valence-electron chi connectivity index (χ0n) is 17.9. The standard InChI is InChI=1S/C25H22N6S/c1-31(2)21-10-12-27-20-14-19(17-5-3-4-11-26-17)29-24(23(20)21)28-16-8-9-18-22(13-16)32-25(30-18)15-6-7-15/h3-5,8-15H,6-7H2,1-2H3,(H,28,29).